The number of carbonyl (C=O) groups excluding carboxylic acids is 1. The molecule has 124 valence electrons. The van der Waals surface area contributed by atoms with E-state index in [9.17, 15) is 9.18 Å². The van der Waals surface area contributed by atoms with Crippen LogP contribution in [0.25, 0.3) is 10.2 Å². The molecule has 0 saturated carbocycles. The fraction of sp³-hybridized carbons (Fsp3) is 0.312. The number of fused-ring (bicyclic) bond motifs is 1. The fourth-order valence-electron chi connectivity index (χ4n) is 2.59. The van der Waals surface area contributed by atoms with Gasteiger partial charge in [0.1, 0.15) is 17.4 Å². The Labute approximate surface area is 141 Å². The van der Waals surface area contributed by atoms with Crippen molar-refractivity contribution in [2.24, 2.45) is 7.05 Å². The average molecular weight is 346 g/mol. The van der Waals surface area contributed by atoms with Gasteiger partial charge < -0.3 is 9.64 Å². The lowest BCUT2D eigenvalue weighted by Crippen LogP contribution is -2.56. The van der Waals surface area contributed by atoms with Crippen LogP contribution in [0.3, 0.4) is 0 Å². The van der Waals surface area contributed by atoms with Gasteiger partial charge in [-0.1, -0.05) is 17.4 Å². The van der Waals surface area contributed by atoms with Crippen molar-refractivity contribution in [2.45, 2.75) is 13.0 Å². The molecule has 1 aromatic carbocycles. The molecule has 6 nitrogen and oxygen atoms in total. The summed E-state index contributed by atoms with van der Waals surface area (Å²) in [6.07, 6.45) is -0.123. The second kappa shape index (κ2) is 5.55. The van der Waals surface area contributed by atoms with Crippen LogP contribution >= 0.6 is 11.3 Å². The molecular formula is C16H15FN4O2S. The number of ether oxygens (including phenoxy) is 1. The van der Waals surface area contributed by atoms with Gasteiger partial charge in [0.05, 0.1) is 17.8 Å². The number of nitrogens with zero attached hydrogens (tertiary/aromatic N) is 4. The van der Waals surface area contributed by atoms with Gasteiger partial charge in [-0.05, 0) is 25.1 Å². The Morgan fingerprint density at radius 3 is 2.88 bits per heavy atom. The van der Waals surface area contributed by atoms with E-state index in [0.29, 0.717) is 29.5 Å². The SMILES string of the molecule is Cc1cc(C(=O)N2CC(Oc3nc4c(F)cccc4s3)C2)nn1C. The summed E-state index contributed by atoms with van der Waals surface area (Å²) in [5, 5.41) is 4.62. The van der Waals surface area contributed by atoms with E-state index >= 15 is 0 Å². The van der Waals surface area contributed by atoms with Gasteiger partial charge in [-0.2, -0.15) is 10.1 Å². The molecule has 1 saturated heterocycles. The van der Waals surface area contributed by atoms with Crippen molar-refractivity contribution in [3.8, 4) is 5.19 Å². The first kappa shape index (κ1) is 15.1. The number of aromatic nitrogens is 3. The second-order valence-electron chi connectivity index (χ2n) is 5.81. The van der Waals surface area contributed by atoms with Crippen molar-refractivity contribution in [2.75, 3.05) is 13.1 Å². The number of hydrogen-bond acceptors (Lipinski definition) is 5. The Kier molecular flexibility index (Phi) is 3.49. The van der Waals surface area contributed by atoms with Crippen molar-refractivity contribution in [1.29, 1.82) is 0 Å². The van der Waals surface area contributed by atoms with Crippen molar-refractivity contribution in [3.05, 3.63) is 41.5 Å². The van der Waals surface area contributed by atoms with Crippen LogP contribution in [0.15, 0.2) is 24.3 Å². The zero-order valence-electron chi connectivity index (χ0n) is 13.2. The summed E-state index contributed by atoms with van der Waals surface area (Å²) in [6, 6.07) is 6.61. The summed E-state index contributed by atoms with van der Waals surface area (Å²) in [5.74, 6) is -0.455. The number of para-hydroxylation sites is 1. The van der Waals surface area contributed by atoms with Gasteiger partial charge in [0.2, 0.25) is 0 Å². The first-order valence-electron chi connectivity index (χ1n) is 7.53. The highest BCUT2D eigenvalue weighted by atomic mass is 32.1. The maximum atomic E-state index is 13.6. The maximum absolute atomic E-state index is 13.6. The van der Waals surface area contributed by atoms with Crippen LogP contribution in [-0.4, -0.2) is 44.8 Å². The maximum Gasteiger partial charge on any atom is 0.274 e. The predicted molar refractivity (Wildman–Crippen MR) is 87.8 cm³/mol. The smallest absolute Gasteiger partial charge is 0.274 e. The number of likely N-dealkylation sites (tertiary alicyclic amines) is 1. The molecule has 0 spiro atoms. The van der Waals surface area contributed by atoms with Crippen molar-refractivity contribution in [3.63, 3.8) is 0 Å². The average Bonchev–Trinajstić information content (AvgIpc) is 3.07. The van der Waals surface area contributed by atoms with Gasteiger partial charge in [-0.15, -0.1) is 0 Å². The van der Waals surface area contributed by atoms with E-state index in [2.05, 4.69) is 10.1 Å². The van der Waals surface area contributed by atoms with E-state index in [1.807, 2.05) is 13.0 Å². The van der Waals surface area contributed by atoms with Gasteiger partial charge >= 0.3 is 0 Å². The van der Waals surface area contributed by atoms with Crippen LogP contribution in [0.1, 0.15) is 16.2 Å². The van der Waals surface area contributed by atoms with E-state index < -0.39 is 0 Å². The third kappa shape index (κ3) is 2.52. The van der Waals surface area contributed by atoms with Crippen molar-refractivity contribution >= 4 is 27.5 Å². The highest BCUT2D eigenvalue weighted by molar-refractivity contribution is 7.20. The molecule has 1 amide bonds. The number of thiazole rings is 1. The summed E-state index contributed by atoms with van der Waals surface area (Å²) in [6.45, 7) is 2.86. The van der Waals surface area contributed by atoms with Crippen LogP contribution in [0, 0.1) is 12.7 Å². The fourth-order valence-corrected chi connectivity index (χ4v) is 3.49. The molecule has 24 heavy (non-hydrogen) atoms. The highest BCUT2D eigenvalue weighted by Gasteiger charge is 2.34. The predicted octanol–water partition coefficient (Wildman–Crippen LogP) is 2.38. The molecule has 8 heteroatoms. The minimum absolute atomic E-state index is 0.103. The van der Waals surface area contributed by atoms with Crippen LogP contribution in [0.2, 0.25) is 0 Å². The Hall–Kier alpha value is -2.48. The molecule has 4 rings (SSSR count). The molecule has 3 heterocycles. The third-order valence-corrected chi connectivity index (χ3v) is 5.00. The first-order valence-corrected chi connectivity index (χ1v) is 8.34. The molecule has 1 fully saturated rings. The standard InChI is InChI=1S/C16H15FN4O2S/c1-9-6-12(19-20(9)2)15(22)21-7-10(8-21)23-16-18-14-11(17)4-3-5-13(14)24-16/h3-6,10H,7-8H2,1-2H3. The number of halogens is 1. The quantitative estimate of drug-likeness (QED) is 0.731. The van der Waals surface area contributed by atoms with E-state index in [-0.39, 0.29) is 17.8 Å². The number of carbonyl (C=O) groups is 1. The van der Waals surface area contributed by atoms with Crippen LogP contribution in [0.4, 0.5) is 4.39 Å². The largest absolute Gasteiger partial charge is 0.463 e. The first-order chi connectivity index (χ1) is 11.5. The van der Waals surface area contributed by atoms with Gasteiger partial charge in [0.15, 0.2) is 5.69 Å². The normalized spacial score (nSPS) is 14.9. The topological polar surface area (TPSA) is 60.3 Å². The number of rotatable bonds is 3. The van der Waals surface area contributed by atoms with E-state index in [0.717, 1.165) is 10.4 Å². The Morgan fingerprint density at radius 1 is 1.42 bits per heavy atom. The monoisotopic (exact) mass is 346 g/mol. The summed E-state index contributed by atoms with van der Waals surface area (Å²) < 4.78 is 21.8. The number of amides is 1. The summed E-state index contributed by atoms with van der Waals surface area (Å²) in [5.41, 5.74) is 1.70. The minimum atomic E-state index is -0.352. The Morgan fingerprint density at radius 2 is 2.21 bits per heavy atom. The third-order valence-electron chi connectivity index (χ3n) is 4.09. The van der Waals surface area contributed by atoms with Crippen LogP contribution in [0.5, 0.6) is 5.19 Å². The van der Waals surface area contributed by atoms with E-state index in [1.54, 1.807) is 28.8 Å². The molecule has 0 atom stereocenters. The van der Waals surface area contributed by atoms with Gasteiger partial charge in [0, 0.05) is 12.7 Å². The summed E-state index contributed by atoms with van der Waals surface area (Å²) in [4.78, 5) is 18.2. The molecule has 1 aliphatic heterocycles. The molecule has 1 aliphatic rings. The Balaban J connectivity index is 1.40. The highest BCUT2D eigenvalue weighted by Crippen LogP contribution is 2.31. The van der Waals surface area contributed by atoms with Crippen LogP contribution in [-0.2, 0) is 7.05 Å². The number of hydrogen-bond donors (Lipinski definition) is 0. The molecule has 0 unspecified atom stereocenters. The summed E-state index contributed by atoms with van der Waals surface area (Å²) in [7, 11) is 1.81. The van der Waals surface area contributed by atoms with Gasteiger partial charge in [-0.3, -0.25) is 9.48 Å². The van der Waals surface area contributed by atoms with Crippen molar-refractivity contribution < 1.29 is 13.9 Å². The molecule has 0 bridgehead atoms. The van der Waals surface area contributed by atoms with Gasteiger partial charge in [0.25, 0.3) is 11.1 Å². The van der Waals surface area contributed by atoms with E-state index in [4.69, 9.17) is 4.74 Å². The molecule has 2 aromatic heterocycles. The molecule has 0 radical (unpaired) electrons. The number of benzene rings is 1. The second-order valence-corrected chi connectivity index (χ2v) is 6.80. The minimum Gasteiger partial charge on any atom is -0.463 e. The van der Waals surface area contributed by atoms with Gasteiger partial charge in [-0.25, -0.2) is 4.39 Å². The van der Waals surface area contributed by atoms with Crippen molar-refractivity contribution in [1.82, 2.24) is 19.7 Å². The zero-order chi connectivity index (χ0) is 16.8. The lowest BCUT2D eigenvalue weighted by atomic mass is 10.1. The lowest BCUT2D eigenvalue weighted by molar-refractivity contribution is 0.0173. The summed E-state index contributed by atoms with van der Waals surface area (Å²) >= 11 is 1.31. The Bertz CT molecular complexity index is 910. The van der Waals surface area contributed by atoms with E-state index in [1.165, 1.54) is 17.4 Å². The molecular weight excluding hydrogens is 331 g/mol. The molecule has 0 aliphatic carbocycles. The molecule has 3 aromatic rings. The van der Waals surface area contributed by atoms with Crippen LogP contribution < -0.4 is 4.74 Å². The number of aryl methyl sites for hydroxylation is 2. The zero-order valence-corrected chi connectivity index (χ0v) is 14.0. The molecule has 0 N–H and O–H groups in total. The lowest BCUT2D eigenvalue weighted by Gasteiger charge is -2.37.